The predicted octanol–water partition coefficient (Wildman–Crippen LogP) is -0.301. The average Bonchev–Trinajstić information content (AvgIpc) is 3.99. The summed E-state index contributed by atoms with van der Waals surface area (Å²) in [6, 6.07) is 2.85. The Morgan fingerprint density at radius 2 is 1.28 bits per heavy atom. The van der Waals surface area contributed by atoms with Gasteiger partial charge in [0.2, 0.25) is 0 Å². The molecule has 2 unspecified atom stereocenters. The minimum atomic E-state index is -3.84. The zero-order valence-electron chi connectivity index (χ0n) is 35.8. The molecule has 2 aromatic rings. The van der Waals surface area contributed by atoms with Crippen LogP contribution in [0.4, 0.5) is 9.59 Å². The fraction of sp³-hybridized carbons (Fsp3) is 0.524. The SMILES string of the molecule is C[C@@](CCN1Cc2cc(C#CC#CC3(O)CCOCC3)cn2C1=O)(C(=O)NO)S(C)(=O)=O.C[C@@](CCN1Cc2cc(C#CC#CC3CCC(N)CO3)cn2C1=O)(C(=O)NO)S(C)(=O)=O. The number of fused-ring (bicyclic) bond motifs is 2. The third-order valence-electron chi connectivity index (χ3n) is 11.7. The van der Waals surface area contributed by atoms with Crippen LogP contribution in [0.15, 0.2) is 24.5 Å². The number of hydroxylamine groups is 2. The van der Waals surface area contributed by atoms with E-state index < -0.39 is 46.6 Å². The number of nitrogens with zero attached hydrogens (tertiary/aromatic N) is 4. The Labute approximate surface area is 371 Å². The molecule has 20 nitrogen and oxygen atoms in total. The number of carbonyl (C=O) groups excluding carboxylic acids is 4. The van der Waals surface area contributed by atoms with E-state index in [1.165, 1.54) is 43.7 Å². The Morgan fingerprint density at radius 3 is 1.69 bits per heavy atom. The Hall–Kier alpha value is -5.66. The van der Waals surface area contributed by atoms with Crippen molar-refractivity contribution in [2.75, 3.05) is 45.4 Å². The van der Waals surface area contributed by atoms with E-state index in [0.717, 1.165) is 25.4 Å². The van der Waals surface area contributed by atoms with E-state index >= 15 is 0 Å². The molecule has 344 valence electrons. The molecule has 4 aliphatic heterocycles. The summed E-state index contributed by atoms with van der Waals surface area (Å²) in [4.78, 5) is 52.0. The first-order valence-electron chi connectivity index (χ1n) is 20.1. The molecule has 6 heterocycles. The molecule has 4 aliphatic rings. The Balaban J connectivity index is 0.000000241. The van der Waals surface area contributed by atoms with Crippen molar-refractivity contribution in [1.29, 1.82) is 0 Å². The number of nitrogens with one attached hydrogen (secondary N) is 2. The maximum absolute atomic E-state index is 12.7. The molecule has 0 bridgehead atoms. The van der Waals surface area contributed by atoms with Crippen LogP contribution >= 0.6 is 0 Å². The molecule has 4 atom stereocenters. The van der Waals surface area contributed by atoms with Gasteiger partial charge in [-0.2, -0.15) is 0 Å². The average molecular weight is 926 g/mol. The summed E-state index contributed by atoms with van der Waals surface area (Å²) in [5.41, 5.74) is 10.1. The fourth-order valence-corrected chi connectivity index (χ4v) is 8.68. The minimum Gasteiger partial charge on any atom is -0.381 e. The van der Waals surface area contributed by atoms with Crippen LogP contribution in [0.1, 0.15) is 74.9 Å². The van der Waals surface area contributed by atoms with Gasteiger partial charge in [0.1, 0.15) is 11.7 Å². The van der Waals surface area contributed by atoms with Gasteiger partial charge < -0.3 is 30.1 Å². The lowest BCUT2D eigenvalue weighted by molar-refractivity contribution is -0.132. The van der Waals surface area contributed by atoms with Crippen molar-refractivity contribution >= 4 is 43.6 Å². The summed E-state index contributed by atoms with van der Waals surface area (Å²) < 4.78 is 58.1. The summed E-state index contributed by atoms with van der Waals surface area (Å²) >= 11 is 0. The third-order valence-corrected chi connectivity index (χ3v) is 15.7. The largest absolute Gasteiger partial charge is 0.381 e. The van der Waals surface area contributed by atoms with Crippen LogP contribution in [-0.4, -0.2) is 148 Å². The highest BCUT2D eigenvalue weighted by Gasteiger charge is 2.45. The van der Waals surface area contributed by atoms with Crippen LogP contribution in [-0.2, 0) is 51.8 Å². The lowest BCUT2D eigenvalue weighted by atomic mass is 9.95. The van der Waals surface area contributed by atoms with E-state index in [9.17, 15) is 41.1 Å². The lowest BCUT2D eigenvalue weighted by Gasteiger charge is -2.27. The molecule has 0 radical (unpaired) electrons. The van der Waals surface area contributed by atoms with Crippen molar-refractivity contribution in [3.8, 4) is 47.4 Å². The van der Waals surface area contributed by atoms with Gasteiger partial charge in [-0.15, -0.1) is 0 Å². The Bertz CT molecular complexity index is 2630. The number of hydrogen-bond acceptors (Lipinski definition) is 14. The highest BCUT2D eigenvalue weighted by atomic mass is 32.2. The summed E-state index contributed by atoms with van der Waals surface area (Å²) in [7, 11) is -7.68. The molecule has 0 spiro atoms. The first kappa shape index (κ1) is 49.4. The van der Waals surface area contributed by atoms with Gasteiger partial charge in [-0.05, 0) is 75.3 Å². The van der Waals surface area contributed by atoms with Crippen LogP contribution in [0.2, 0.25) is 0 Å². The number of aliphatic hydroxyl groups is 1. The van der Waals surface area contributed by atoms with Gasteiger partial charge in [0.15, 0.2) is 29.2 Å². The molecule has 0 aromatic carbocycles. The van der Waals surface area contributed by atoms with Crippen LogP contribution < -0.4 is 16.7 Å². The quantitative estimate of drug-likeness (QED) is 0.101. The standard InChI is InChI=1S/C21H26N4O6S.C21H25N3O7S/c1-21(19(26)23-28,32(2,29)30)9-10-24-13-17-11-15(12-25(17)20(24)27)5-3-4-6-18-8-7-16(22)14-31-18;1-20(18(25)22-28,32(2,29)30)7-10-23-15-17-13-16(14-24(17)19(23)26)5-3-4-6-21(27)8-11-31-12-9-21/h11-12,16,18,28H,7-10,13-14,22H2,1-2H3,(H,23,26);13-14,27-28H,7-12,15H2,1-2H3,(H,22,25)/t16?,18?,21-;20-/m11/s1. The van der Waals surface area contributed by atoms with Crippen molar-refractivity contribution in [1.82, 2.24) is 29.9 Å². The molecule has 2 saturated heterocycles. The van der Waals surface area contributed by atoms with Crippen molar-refractivity contribution in [2.24, 2.45) is 5.73 Å². The lowest BCUT2D eigenvalue weighted by Crippen LogP contribution is -2.50. The number of nitrogens with two attached hydrogens (primary N) is 1. The van der Waals surface area contributed by atoms with E-state index in [4.69, 9.17) is 25.6 Å². The molecular formula is C42H51N7O13S2. The molecule has 6 rings (SSSR count). The summed E-state index contributed by atoms with van der Waals surface area (Å²) in [5.74, 6) is 20.3. The second kappa shape index (κ2) is 20.0. The minimum absolute atomic E-state index is 0.00624. The van der Waals surface area contributed by atoms with Crippen LogP contribution in [0.5, 0.6) is 0 Å². The number of rotatable bonds is 10. The van der Waals surface area contributed by atoms with Crippen LogP contribution in [0, 0.1) is 47.4 Å². The normalized spacial score (nSPS) is 20.6. The van der Waals surface area contributed by atoms with Crippen LogP contribution in [0.25, 0.3) is 0 Å². The van der Waals surface area contributed by atoms with Crippen molar-refractivity contribution in [2.45, 2.75) is 92.7 Å². The zero-order chi connectivity index (χ0) is 47.1. The maximum atomic E-state index is 12.7. The van der Waals surface area contributed by atoms with Crippen LogP contribution in [0.3, 0.4) is 0 Å². The number of carbonyl (C=O) groups is 4. The van der Waals surface area contributed by atoms with E-state index in [-0.39, 0.29) is 63.2 Å². The van der Waals surface area contributed by atoms with E-state index in [2.05, 4.69) is 47.4 Å². The van der Waals surface area contributed by atoms with Gasteiger partial charge >= 0.3 is 12.1 Å². The molecule has 2 fully saturated rings. The van der Waals surface area contributed by atoms with Crippen molar-refractivity contribution in [3.63, 3.8) is 0 Å². The predicted molar refractivity (Wildman–Crippen MR) is 228 cm³/mol. The van der Waals surface area contributed by atoms with Crippen molar-refractivity contribution in [3.05, 3.63) is 47.0 Å². The summed E-state index contributed by atoms with van der Waals surface area (Å²) in [6.45, 7) is 4.34. The molecule has 4 amide bonds. The number of ether oxygens (including phenoxy) is 2. The van der Waals surface area contributed by atoms with E-state index in [1.54, 1.807) is 24.5 Å². The van der Waals surface area contributed by atoms with Gasteiger partial charge in [-0.25, -0.2) is 37.4 Å². The van der Waals surface area contributed by atoms with Gasteiger partial charge in [-0.3, -0.25) is 29.1 Å². The van der Waals surface area contributed by atoms with Gasteiger partial charge in [0.25, 0.3) is 11.8 Å². The van der Waals surface area contributed by atoms with E-state index in [0.29, 0.717) is 55.2 Å². The molecule has 2 aromatic heterocycles. The number of hydrogen-bond donors (Lipinski definition) is 6. The Morgan fingerprint density at radius 1 is 0.812 bits per heavy atom. The highest BCUT2D eigenvalue weighted by Crippen LogP contribution is 2.27. The molecule has 7 N–H and O–H groups in total. The molecule has 22 heteroatoms. The maximum Gasteiger partial charge on any atom is 0.328 e. The van der Waals surface area contributed by atoms with Crippen molar-refractivity contribution < 1.29 is 61.0 Å². The molecular weight excluding hydrogens is 875 g/mol. The number of sulfone groups is 2. The smallest absolute Gasteiger partial charge is 0.328 e. The first-order valence-corrected chi connectivity index (χ1v) is 23.8. The van der Waals surface area contributed by atoms with Gasteiger partial charge in [0, 0.05) is 79.4 Å². The van der Waals surface area contributed by atoms with Gasteiger partial charge in [0.05, 0.1) is 32.9 Å². The monoisotopic (exact) mass is 925 g/mol. The molecule has 64 heavy (non-hydrogen) atoms. The number of aromatic nitrogens is 2. The first-order chi connectivity index (χ1) is 30.0. The highest BCUT2D eigenvalue weighted by molar-refractivity contribution is 7.93. The van der Waals surface area contributed by atoms with Gasteiger partial charge in [-0.1, -0.05) is 23.7 Å². The Kier molecular flexibility index (Phi) is 15.4. The van der Waals surface area contributed by atoms with E-state index in [1.807, 2.05) is 0 Å². The second-order valence-electron chi connectivity index (χ2n) is 16.3. The molecule has 0 saturated carbocycles. The topological polar surface area (TPSA) is 282 Å². The molecule has 0 aliphatic carbocycles. The number of amides is 4. The fourth-order valence-electron chi connectivity index (χ4n) is 6.99. The zero-order valence-corrected chi connectivity index (χ0v) is 37.4. The third kappa shape index (κ3) is 11.3. The summed E-state index contributed by atoms with van der Waals surface area (Å²) in [6.07, 6.45) is 7.00. The summed E-state index contributed by atoms with van der Waals surface area (Å²) in [5, 5.41) is 28.1. The second-order valence-corrected chi connectivity index (χ2v) is 21.2.